The summed E-state index contributed by atoms with van der Waals surface area (Å²) < 4.78 is 11.6. The van der Waals surface area contributed by atoms with E-state index in [2.05, 4.69) is 4.98 Å². The van der Waals surface area contributed by atoms with Crippen LogP contribution in [0.1, 0.15) is 29.8 Å². The number of amides is 2. The first-order valence-electron chi connectivity index (χ1n) is 12.8. The Kier molecular flexibility index (Phi) is 8.63. The average Bonchev–Trinajstić information content (AvgIpc) is 2.94. The Morgan fingerprint density at radius 2 is 1.89 bits per heavy atom. The SMILES string of the molecule is COc1ccc(-c2cnc3c(c2)C(=O)N([C@H](C)CO)C[C@@H](C)[C@@H](CN(C)C(=O)Cc2ccccc2)O3)cc1. The largest absolute Gasteiger partial charge is 0.497 e. The molecule has 2 amide bonds. The molecule has 3 atom stereocenters. The van der Waals surface area contributed by atoms with Gasteiger partial charge in [-0.2, -0.15) is 0 Å². The van der Waals surface area contributed by atoms with Crippen molar-refractivity contribution in [3.8, 4) is 22.8 Å². The number of nitrogens with zero attached hydrogens (tertiary/aromatic N) is 3. The van der Waals surface area contributed by atoms with Crippen LogP contribution in [-0.2, 0) is 11.2 Å². The van der Waals surface area contributed by atoms with Gasteiger partial charge in [-0.05, 0) is 36.2 Å². The van der Waals surface area contributed by atoms with Crippen LogP contribution in [0.4, 0.5) is 0 Å². The van der Waals surface area contributed by atoms with Crippen LogP contribution in [0.25, 0.3) is 11.1 Å². The molecular formula is C30H35N3O5. The van der Waals surface area contributed by atoms with Crippen LogP contribution in [0.15, 0.2) is 66.9 Å². The first-order valence-corrected chi connectivity index (χ1v) is 12.8. The lowest BCUT2D eigenvalue weighted by Gasteiger charge is -2.37. The standard InChI is InChI=1S/C30H35N3O5/c1-20-17-33(21(2)19-34)30(36)26-15-24(23-10-12-25(37-4)13-11-23)16-31-29(26)38-27(20)18-32(3)28(35)14-22-8-6-5-7-9-22/h5-13,15-16,20-21,27,34H,14,17-19H2,1-4H3/t20-,21-,27-/m1/s1. The highest BCUT2D eigenvalue weighted by molar-refractivity contribution is 5.98. The van der Waals surface area contributed by atoms with E-state index in [4.69, 9.17) is 9.47 Å². The van der Waals surface area contributed by atoms with Crippen LogP contribution in [0, 0.1) is 5.92 Å². The fraction of sp³-hybridized carbons (Fsp3) is 0.367. The summed E-state index contributed by atoms with van der Waals surface area (Å²) in [4.78, 5) is 34.5. The second-order valence-corrected chi connectivity index (χ2v) is 9.86. The molecule has 0 fully saturated rings. The first-order chi connectivity index (χ1) is 18.3. The number of aliphatic hydroxyl groups excluding tert-OH is 1. The third-order valence-corrected chi connectivity index (χ3v) is 7.02. The van der Waals surface area contributed by atoms with Crippen LogP contribution >= 0.6 is 0 Å². The van der Waals surface area contributed by atoms with Crippen molar-refractivity contribution < 1.29 is 24.2 Å². The molecule has 38 heavy (non-hydrogen) atoms. The minimum atomic E-state index is -0.403. The minimum Gasteiger partial charge on any atom is -0.497 e. The number of pyridine rings is 1. The summed E-state index contributed by atoms with van der Waals surface area (Å²) in [7, 11) is 3.37. The summed E-state index contributed by atoms with van der Waals surface area (Å²) in [6.45, 7) is 4.35. The number of rotatable bonds is 8. The Labute approximate surface area is 223 Å². The smallest absolute Gasteiger partial charge is 0.259 e. The third kappa shape index (κ3) is 6.14. The zero-order chi connectivity index (χ0) is 27.2. The Hall–Kier alpha value is -3.91. The van der Waals surface area contributed by atoms with Crippen LogP contribution in [-0.4, -0.2) is 77.7 Å². The van der Waals surface area contributed by atoms with E-state index in [0.717, 1.165) is 22.4 Å². The highest BCUT2D eigenvalue weighted by Crippen LogP contribution is 2.31. The molecule has 1 N–H and O–H groups in total. The van der Waals surface area contributed by atoms with Crippen LogP contribution in [0.2, 0.25) is 0 Å². The molecule has 4 rings (SSSR count). The normalized spacial score (nSPS) is 18.0. The van der Waals surface area contributed by atoms with Gasteiger partial charge in [0.2, 0.25) is 11.8 Å². The van der Waals surface area contributed by atoms with Gasteiger partial charge in [0.15, 0.2) is 0 Å². The Morgan fingerprint density at radius 1 is 1.18 bits per heavy atom. The monoisotopic (exact) mass is 517 g/mol. The van der Waals surface area contributed by atoms with E-state index in [1.54, 1.807) is 36.2 Å². The number of methoxy groups -OCH3 is 1. The van der Waals surface area contributed by atoms with Crippen molar-refractivity contribution in [1.29, 1.82) is 0 Å². The zero-order valence-electron chi connectivity index (χ0n) is 22.3. The molecule has 0 radical (unpaired) electrons. The molecule has 0 aliphatic carbocycles. The molecule has 8 heteroatoms. The lowest BCUT2D eigenvalue weighted by Crippen LogP contribution is -2.50. The van der Waals surface area contributed by atoms with Gasteiger partial charge < -0.3 is 24.4 Å². The van der Waals surface area contributed by atoms with Gasteiger partial charge in [-0.3, -0.25) is 9.59 Å². The van der Waals surface area contributed by atoms with Gasteiger partial charge in [0.1, 0.15) is 17.4 Å². The molecule has 2 aromatic carbocycles. The number of aromatic nitrogens is 1. The molecule has 1 aliphatic rings. The highest BCUT2D eigenvalue weighted by Gasteiger charge is 2.34. The number of hydrogen-bond acceptors (Lipinski definition) is 6. The number of benzene rings is 2. The fourth-order valence-corrected chi connectivity index (χ4v) is 4.54. The number of likely N-dealkylation sites (N-methyl/N-ethyl adjacent to an activating group) is 1. The number of hydrogen-bond donors (Lipinski definition) is 1. The average molecular weight is 518 g/mol. The Balaban J connectivity index is 1.63. The minimum absolute atomic E-state index is 0.0197. The van der Waals surface area contributed by atoms with Gasteiger partial charge in [-0.1, -0.05) is 49.4 Å². The maximum atomic E-state index is 13.7. The number of fused-ring (bicyclic) bond motifs is 1. The van der Waals surface area contributed by atoms with E-state index in [9.17, 15) is 14.7 Å². The molecule has 1 aliphatic heterocycles. The maximum absolute atomic E-state index is 13.7. The van der Waals surface area contributed by atoms with Crippen molar-refractivity contribution >= 4 is 11.8 Å². The van der Waals surface area contributed by atoms with E-state index in [1.807, 2.05) is 68.4 Å². The molecule has 1 aromatic heterocycles. The summed E-state index contributed by atoms with van der Waals surface area (Å²) >= 11 is 0. The molecule has 0 unspecified atom stereocenters. The van der Waals surface area contributed by atoms with Gasteiger partial charge in [0, 0.05) is 31.3 Å². The molecule has 0 saturated heterocycles. The number of ether oxygens (including phenoxy) is 2. The van der Waals surface area contributed by atoms with Crippen molar-refractivity contribution in [1.82, 2.24) is 14.8 Å². The fourth-order valence-electron chi connectivity index (χ4n) is 4.54. The lowest BCUT2D eigenvalue weighted by atomic mass is 9.99. The van der Waals surface area contributed by atoms with Gasteiger partial charge in [-0.15, -0.1) is 0 Å². The third-order valence-electron chi connectivity index (χ3n) is 7.02. The van der Waals surface area contributed by atoms with E-state index >= 15 is 0 Å². The van der Waals surface area contributed by atoms with Gasteiger partial charge >= 0.3 is 0 Å². The van der Waals surface area contributed by atoms with Gasteiger partial charge in [-0.25, -0.2) is 4.98 Å². The number of carbonyl (C=O) groups excluding carboxylic acids is 2. The van der Waals surface area contributed by atoms with E-state index < -0.39 is 12.1 Å². The molecule has 200 valence electrons. The second-order valence-electron chi connectivity index (χ2n) is 9.86. The molecule has 2 heterocycles. The predicted molar refractivity (Wildman–Crippen MR) is 145 cm³/mol. The molecular weight excluding hydrogens is 482 g/mol. The predicted octanol–water partition coefficient (Wildman–Crippen LogP) is 3.68. The van der Waals surface area contributed by atoms with Crippen molar-refractivity contribution in [3.05, 3.63) is 78.0 Å². The highest BCUT2D eigenvalue weighted by atomic mass is 16.5. The summed E-state index contributed by atoms with van der Waals surface area (Å²) in [5.74, 6) is 0.578. The number of carbonyl (C=O) groups is 2. The zero-order valence-corrected chi connectivity index (χ0v) is 22.3. The molecule has 8 nitrogen and oxygen atoms in total. The lowest BCUT2D eigenvalue weighted by molar-refractivity contribution is -0.130. The van der Waals surface area contributed by atoms with Crippen LogP contribution in [0.3, 0.4) is 0 Å². The van der Waals surface area contributed by atoms with Crippen molar-refractivity contribution in [2.45, 2.75) is 32.4 Å². The van der Waals surface area contributed by atoms with Crippen molar-refractivity contribution in [2.24, 2.45) is 5.92 Å². The Morgan fingerprint density at radius 3 is 2.55 bits per heavy atom. The summed E-state index contributed by atoms with van der Waals surface area (Å²) in [6.07, 6.45) is 1.57. The van der Waals surface area contributed by atoms with E-state index in [1.165, 1.54) is 0 Å². The Bertz CT molecular complexity index is 1250. The van der Waals surface area contributed by atoms with Crippen LogP contribution < -0.4 is 9.47 Å². The molecule has 0 spiro atoms. The van der Waals surface area contributed by atoms with Gasteiger partial charge in [0.25, 0.3) is 5.91 Å². The summed E-state index contributed by atoms with van der Waals surface area (Å²) in [5, 5.41) is 9.90. The molecule has 0 bridgehead atoms. The van der Waals surface area contributed by atoms with Crippen molar-refractivity contribution in [2.75, 3.05) is 33.9 Å². The summed E-state index contributed by atoms with van der Waals surface area (Å²) in [6, 6.07) is 18.5. The second kappa shape index (κ2) is 12.1. The molecule has 0 saturated carbocycles. The van der Waals surface area contributed by atoms with Gasteiger partial charge in [0.05, 0.1) is 32.7 Å². The molecule has 3 aromatic rings. The number of aliphatic hydroxyl groups is 1. The summed E-state index contributed by atoms with van der Waals surface area (Å²) in [5.41, 5.74) is 2.92. The first kappa shape index (κ1) is 27.1. The van der Waals surface area contributed by atoms with E-state index in [0.29, 0.717) is 25.1 Å². The topological polar surface area (TPSA) is 92.2 Å². The van der Waals surface area contributed by atoms with Crippen LogP contribution in [0.5, 0.6) is 11.6 Å². The van der Waals surface area contributed by atoms with Crippen molar-refractivity contribution in [3.63, 3.8) is 0 Å². The van der Waals surface area contributed by atoms with E-state index in [-0.39, 0.29) is 30.2 Å². The quantitative estimate of drug-likeness (QED) is 0.490. The maximum Gasteiger partial charge on any atom is 0.259 e.